The number of aromatic nitrogens is 1. The van der Waals surface area contributed by atoms with Gasteiger partial charge in [-0.1, -0.05) is 23.2 Å². The van der Waals surface area contributed by atoms with Crippen LogP contribution in [0.3, 0.4) is 0 Å². The number of hydrogen-bond donors (Lipinski definition) is 1. The standard InChI is InChI=1S/C26H26Cl2FN3O3/c1-15(26(34)32-9-3-4-16(14-32)10-25(33)30-2)35-18-6-8-20-21(13-24(28)31-23(20)12-18)19-7-5-17(29)11-22(19)27/h5-8,11-13,15-16H,3-4,9-10,14H2,1-2H3,(H,30,33)/t15-,16-/m1/s1. The first kappa shape index (κ1) is 25.2. The van der Waals surface area contributed by atoms with Crippen molar-refractivity contribution in [3.8, 4) is 16.9 Å². The van der Waals surface area contributed by atoms with Crippen molar-refractivity contribution in [3.05, 3.63) is 58.5 Å². The maximum Gasteiger partial charge on any atom is 0.263 e. The van der Waals surface area contributed by atoms with Crippen LogP contribution in [0.15, 0.2) is 42.5 Å². The van der Waals surface area contributed by atoms with Crippen LogP contribution >= 0.6 is 23.2 Å². The van der Waals surface area contributed by atoms with Crippen LogP contribution in [0.2, 0.25) is 10.2 Å². The van der Waals surface area contributed by atoms with Gasteiger partial charge in [-0.25, -0.2) is 9.37 Å². The maximum atomic E-state index is 13.5. The molecule has 2 aromatic carbocycles. The molecule has 35 heavy (non-hydrogen) atoms. The molecule has 1 saturated heterocycles. The molecule has 0 bridgehead atoms. The van der Waals surface area contributed by atoms with Crippen LogP contribution < -0.4 is 10.1 Å². The van der Waals surface area contributed by atoms with Crippen molar-refractivity contribution in [2.45, 2.75) is 32.3 Å². The highest BCUT2D eigenvalue weighted by Crippen LogP contribution is 2.36. The van der Waals surface area contributed by atoms with Gasteiger partial charge in [0.05, 0.1) is 10.5 Å². The van der Waals surface area contributed by atoms with Gasteiger partial charge in [-0.15, -0.1) is 0 Å². The van der Waals surface area contributed by atoms with Gasteiger partial charge < -0.3 is 15.0 Å². The van der Waals surface area contributed by atoms with Crippen molar-refractivity contribution < 1.29 is 18.7 Å². The van der Waals surface area contributed by atoms with Crippen LogP contribution in [0, 0.1) is 11.7 Å². The van der Waals surface area contributed by atoms with Gasteiger partial charge in [0.15, 0.2) is 6.10 Å². The van der Waals surface area contributed by atoms with Gasteiger partial charge in [0, 0.05) is 43.6 Å². The monoisotopic (exact) mass is 517 g/mol. The zero-order chi connectivity index (χ0) is 25.1. The summed E-state index contributed by atoms with van der Waals surface area (Å²) in [5, 5.41) is 3.93. The van der Waals surface area contributed by atoms with Crippen molar-refractivity contribution in [1.29, 1.82) is 0 Å². The van der Waals surface area contributed by atoms with Gasteiger partial charge in [-0.2, -0.15) is 0 Å². The molecule has 2 amide bonds. The Morgan fingerprint density at radius 2 is 2.00 bits per heavy atom. The first-order chi connectivity index (χ1) is 16.7. The molecule has 2 heterocycles. The number of amides is 2. The van der Waals surface area contributed by atoms with E-state index in [2.05, 4.69) is 10.3 Å². The molecule has 1 aromatic heterocycles. The number of hydrogen-bond acceptors (Lipinski definition) is 4. The van der Waals surface area contributed by atoms with Gasteiger partial charge in [-0.3, -0.25) is 9.59 Å². The molecule has 9 heteroatoms. The molecule has 184 valence electrons. The molecule has 0 saturated carbocycles. The van der Waals surface area contributed by atoms with E-state index in [-0.39, 0.29) is 27.9 Å². The average molecular weight is 518 g/mol. The number of likely N-dealkylation sites (tertiary alicyclic amines) is 1. The average Bonchev–Trinajstić information content (AvgIpc) is 2.83. The summed E-state index contributed by atoms with van der Waals surface area (Å²) in [6, 6.07) is 11.2. The van der Waals surface area contributed by atoms with E-state index in [0.717, 1.165) is 23.8 Å². The minimum atomic E-state index is -0.712. The molecule has 0 unspecified atom stereocenters. The van der Waals surface area contributed by atoms with Crippen LogP contribution in [-0.2, 0) is 9.59 Å². The van der Waals surface area contributed by atoms with Crippen molar-refractivity contribution in [1.82, 2.24) is 15.2 Å². The quantitative estimate of drug-likeness (QED) is 0.438. The summed E-state index contributed by atoms with van der Waals surface area (Å²) in [6.45, 7) is 2.90. The molecule has 3 aromatic rings. The molecule has 1 aliphatic heterocycles. The van der Waals surface area contributed by atoms with Gasteiger partial charge in [0.2, 0.25) is 5.91 Å². The first-order valence-electron chi connectivity index (χ1n) is 11.5. The third-order valence-electron chi connectivity index (χ3n) is 6.22. The highest BCUT2D eigenvalue weighted by molar-refractivity contribution is 6.34. The molecule has 1 aliphatic rings. The van der Waals surface area contributed by atoms with Crippen molar-refractivity contribution in [2.75, 3.05) is 20.1 Å². The van der Waals surface area contributed by atoms with E-state index in [1.807, 2.05) is 6.07 Å². The maximum absolute atomic E-state index is 13.5. The Morgan fingerprint density at radius 3 is 2.74 bits per heavy atom. The number of fused-ring (bicyclic) bond motifs is 1. The second kappa shape index (κ2) is 10.8. The second-order valence-electron chi connectivity index (χ2n) is 8.73. The zero-order valence-electron chi connectivity index (χ0n) is 19.5. The van der Waals surface area contributed by atoms with Crippen molar-refractivity contribution >= 4 is 45.9 Å². The van der Waals surface area contributed by atoms with Gasteiger partial charge in [-0.05, 0) is 67.6 Å². The van der Waals surface area contributed by atoms with Gasteiger partial charge in [0.1, 0.15) is 16.7 Å². The number of nitrogens with one attached hydrogen (secondary N) is 1. The van der Waals surface area contributed by atoms with Gasteiger partial charge in [0.25, 0.3) is 5.91 Å². The Kier molecular flexibility index (Phi) is 7.77. The topological polar surface area (TPSA) is 71.5 Å². The number of pyridine rings is 1. The number of nitrogens with zero attached hydrogens (tertiary/aromatic N) is 2. The minimum absolute atomic E-state index is 0.0165. The van der Waals surface area contributed by atoms with E-state index in [1.165, 1.54) is 12.1 Å². The van der Waals surface area contributed by atoms with E-state index in [1.54, 1.807) is 43.1 Å². The van der Waals surface area contributed by atoms with Crippen molar-refractivity contribution in [2.24, 2.45) is 5.92 Å². The summed E-state index contributed by atoms with van der Waals surface area (Å²) in [7, 11) is 1.62. The van der Waals surface area contributed by atoms with Crippen LogP contribution in [-0.4, -0.2) is 47.9 Å². The molecule has 0 spiro atoms. The number of ether oxygens (including phenoxy) is 1. The number of halogens is 3. The van der Waals surface area contributed by atoms with E-state index in [4.69, 9.17) is 27.9 Å². The fourth-order valence-corrected chi connectivity index (χ4v) is 4.96. The lowest BCUT2D eigenvalue weighted by atomic mass is 9.94. The minimum Gasteiger partial charge on any atom is -0.481 e. The highest BCUT2D eigenvalue weighted by Gasteiger charge is 2.29. The lowest BCUT2D eigenvalue weighted by Crippen LogP contribution is -2.46. The lowest BCUT2D eigenvalue weighted by Gasteiger charge is -2.34. The molecule has 6 nitrogen and oxygen atoms in total. The van der Waals surface area contributed by atoms with E-state index in [9.17, 15) is 14.0 Å². The molecule has 1 N–H and O–H groups in total. The second-order valence-corrected chi connectivity index (χ2v) is 9.52. The SMILES string of the molecule is CNC(=O)C[C@H]1CCCN(C(=O)[C@@H](C)Oc2ccc3c(-c4ccc(F)cc4Cl)cc(Cl)nc3c2)C1. The molecule has 1 fully saturated rings. The predicted molar refractivity (Wildman–Crippen MR) is 135 cm³/mol. The first-order valence-corrected chi connectivity index (χ1v) is 12.2. The third kappa shape index (κ3) is 5.85. The summed E-state index contributed by atoms with van der Waals surface area (Å²) < 4.78 is 19.5. The van der Waals surface area contributed by atoms with Gasteiger partial charge >= 0.3 is 0 Å². The van der Waals surface area contributed by atoms with E-state index >= 15 is 0 Å². The van der Waals surface area contributed by atoms with Crippen LogP contribution in [0.1, 0.15) is 26.2 Å². The summed E-state index contributed by atoms with van der Waals surface area (Å²) >= 11 is 12.5. The van der Waals surface area contributed by atoms with Crippen LogP contribution in [0.5, 0.6) is 5.75 Å². The predicted octanol–water partition coefficient (Wildman–Crippen LogP) is 5.49. The third-order valence-corrected chi connectivity index (χ3v) is 6.72. The normalized spacial score (nSPS) is 16.7. The number of benzene rings is 2. The molecule has 4 rings (SSSR count). The summed E-state index contributed by atoms with van der Waals surface area (Å²) in [4.78, 5) is 30.9. The Labute approximate surface area is 213 Å². The fourth-order valence-electron chi connectivity index (χ4n) is 4.49. The molecular weight excluding hydrogens is 492 g/mol. The Balaban J connectivity index is 1.52. The molecule has 0 radical (unpaired) electrons. The number of carbonyl (C=O) groups is 2. The summed E-state index contributed by atoms with van der Waals surface area (Å²) in [5.74, 6) is 0.0553. The van der Waals surface area contributed by atoms with E-state index in [0.29, 0.717) is 36.3 Å². The van der Waals surface area contributed by atoms with Crippen LogP contribution in [0.25, 0.3) is 22.0 Å². The number of rotatable bonds is 6. The molecular formula is C26H26Cl2FN3O3. The Hall–Kier alpha value is -2.90. The number of carbonyl (C=O) groups excluding carboxylic acids is 2. The lowest BCUT2D eigenvalue weighted by molar-refractivity contribution is -0.140. The van der Waals surface area contributed by atoms with Crippen molar-refractivity contribution in [3.63, 3.8) is 0 Å². The largest absolute Gasteiger partial charge is 0.481 e. The summed E-state index contributed by atoms with van der Waals surface area (Å²) in [5.41, 5.74) is 1.92. The van der Waals surface area contributed by atoms with Crippen LogP contribution in [0.4, 0.5) is 4.39 Å². The summed E-state index contributed by atoms with van der Waals surface area (Å²) in [6.07, 6.45) is 1.47. The highest BCUT2D eigenvalue weighted by atomic mass is 35.5. The molecule has 0 aliphatic carbocycles. The Bertz CT molecular complexity index is 1270. The number of piperidine rings is 1. The zero-order valence-corrected chi connectivity index (χ0v) is 21.0. The van der Waals surface area contributed by atoms with E-state index < -0.39 is 11.9 Å². The smallest absolute Gasteiger partial charge is 0.263 e. The Morgan fingerprint density at radius 1 is 1.20 bits per heavy atom. The molecule has 2 atom stereocenters. The fraction of sp³-hybridized carbons (Fsp3) is 0.346.